The molecule has 0 unspecified atom stereocenters. The summed E-state index contributed by atoms with van der Waals surface area (Å²) in [5.41, 5.74) is 1.83. The van der Waals surface area contributed by atoms with Crippen molar-refractivity contribution >= 4 is 11.8 Å². The SMILES string of the molecule is C=CCN(C)CCCCOc1ccc2c(c1)CCN2C(=O)O. The van der Waals surface area contributed by atoms with Crippen molar-refractivity contribution in [1.82, 2.24) is 4.90 Å². The lowest BCUT2D eigenvalue weighted by molar-refractivity contribution is 0.202. The van der Waals surface area contributed by atoms with Crippen molar-refractivity contribution in [1.29, 1.82) is 0 Å². The highest BCUT2D eigenvalue weighted by atomic mass is 16.5. The van der Waals surface area contributed by atoms with Crippen molar-refractivity contribution in [3.8, 4) is 5.75 Å². The lowest BCUT2D eigenvalue weighted by Gasteiger charge is -2.14. The molecule has 1 N–H and O–H groups in total. The Hall–Kier alpha value is -2.01. The molecule has 1 aliphatic rings. The third-order valence-corrected chi connectivity index (χ3v) is 3.82. The Kier molecular flexibility index (Phi) is 5.83. The molecule has 1 aromatic carbocycles. The number of carboxylic acid groups (broad SMARTS) is 1. The quantitative estimate of drug-likeness (QED) is 0.592. The average Bonchev–Trinajstić information content (AvgIpc) is 2.90. The van der Waals surface area contributed by atoms with Gasteiger partial charge in [-0.2, -0.15) is 0 Å². The lowest BCUT2D eigenvalue weighted by atomic mass is 10.1. The van der Waals surface area contributed by atoms with Crippen molar-refractivity contribution in [2.75, 3.05) is 38.2 Å². The zero-order chi connectivity index (χ0) is 15.9. The number of hydrogen-bond acceptors (Lipinski definition) is 3. The fourth-order valence-corrected chi connectivity index (χ4v) is 2.65. The molecule has 2 rings (SSSR count). The van der Waals surface area contributed by atoms with Gasteiger partial charge in [-0.05, 0) is 56.6 Å². The molecule has 0 fully saturated rings. The number of ether oxygens (including phenoxy) is 1. The van der Waals surface area contributed by atoms with Gasteiger partial charge >= 0.3 is 6.09 Å². The second-order valence-corrected chi connectivity index (χ2v) is 5.58. The number of likely N-dealkylation sites (N-methyl/N-ethyl adjacent to an activating group) is 1. The summed E-state index contributed by atoms with van der Waals surface area (Å²) >= 11 is 0. The molecular formula is C17H24N2O3. The van der Waals surface area contributed by atoms with Crippen LogP contribution in [0.15, 0.2) is 30.9 Å². The van der Waals surface area contributed by atoms with Gasteiger partial charge in [-0.25, -0.2) is 4.79 Å². The minimum atomic E-state index is -0.893. The molecule has 0 aromatic heterocycles. The average molecular weight is 304 g/mol. The van der Waals surface area contributed by atoms with Crippen LogP contribution in [0.25, 0.3) is 0 Å². The van der Waals surface area contributed by atoms with Crippen molar-refractivity contribution in [2.24, 2.45) is 0 Å². The molecule has 0 saturated carbocycles. The van der Waals surface area contributed by atoms with E-state index in [0.717, 1.165) is 49.4 Å². The van der Waals surface area contributed by atoms with Gasteiger partial charge in [0.25, 0.3) is 0 Å². The highest BCUT2D eigenvalue weighted by molar-refractivity contribution is 5.89. The zero-order valence-electron chi connectivity index (χ0n) is 13.1. The number of fused-ring (bicyclic) bond motifs is 1. The van der Waals surface area contributed by atoms with Crippen LogP contribution in [0.1, 0.15) is 18.4 Å². The van der Waals surface area contributed by atoms with Gasteiger partial charge in [0.1, 0.15) is 5.75 Å². The molecule has 1 amide bonds. The van der Waals surface area contributed by atoms with Gasteiger partial charge in [0.15, 0.2) is 0 Å². The molecule has 0 saturated heterocycles. The highest BCUT2D eigenvalue weighted by Crippen LogP contribution is 2.31. The lowest BCUT2D eigenvalue weighted by Crippen LogP contribution is -2.26. The number of anilines is 1. The van der Waals surface area contributed by atoms with Crippen LogP contribution in [-0.4, -0.2) is 49.4 Å². The molecule has 0 spiro atoms. The predicted octanol–water partition coefficient (Wildman–Crippen LogP) is 3.00. The Bertz CT molecular complexity index is 531. The number of rotatable bonds is 8. The van der Waals surface area contributed by atoms with E-state index in [2.05, 4.69) is 18.5 Å². The second kappa shape index (κ2) is 7.84. The molecule has 0 bridgehead atoms. The van der Waals surface area contributed by atoms with Crippen LogP contribution in [0.5, 0.6) is 5.75 Å². The summed E-state index contributed by atoms with van der Waals surface area (Å²) < 4.78 is 5.76. The molecule has 0 radical (unpaired) electrons. The maximum Gasteiger partial charge on any atom is 0.411 e. The molecule has 0 atom stereocenters. The van der Waals surface area contributed by atoms with E-state index in [4.69, 9.17) is 9.84 Å². The summed E-state index contributed by atoms with van der Waals surface area (Å²) in [4.78, 5) is 14.7. The molecular weight excluding hydrogens is 280 g/mol. The van der Waals surface area contributed by atoms with E-state index in [9.17, 15) is 4.79 Å². The van der Waals surface area contributed by atoms with Crippen LogP contribution < -0.4 is 9.64 Å². The molecule has 5 heteroatoms. The van der Waals surface area contributed by atoms with Crippen molar-refractivity contribution in [3.63, 3.8) is 0 Å². The summed E-state index contributed by atoms with van der Waals surface area (Å²) in [5.74, 6) is 0.824. The Morgan fingerprint density at radius 1 is 1.50 bits per heavy atom. The number of amides is 1. The summed E-state index contributed by atoms with van der Waals surface area (Å²) in [6.07, 6.45) is 3.85. The van der Waals surface area contributed by atoms with E-state index in [1.54, 1.807) is 0 Å². The fourth-order valence-electron chi connectivity index (χ4n) is 2.65. The van der Waals surface area contributed by atoms with Crippen molar-refractivity contribution < 1.29 is 14.6 Å². The molecule has 1 aliphatic heterocycles. The summed E-state index contributed by atoms with van der Waals surface area (Å²) in [5, 5.41) is 9.10. The van der Waals surface area contributed by atoms with Crippen molar-refractivity contribution in [3.05, 3.63) is 36.4 Å². The van der Waals surface area contributed by atoms with Gasteiger partial charge in [0, 0.05) is 13.1 Å². The molecule has 1 aromatic rings. The number of benzene rings is 1. The van der Waals surface area contributed by atoms with Gasteiger partial charge < -0.3 is 14.7 Å². The van der Waals surface area contributed by atoms with E-state index < -0.39 is 6.09 Å². The topological polar surface area (TPSA) is 53.0 Å². The van der Waals surface area contributed by atoms with Crippen LogP contribution >= 0.6 is 0 Å². The smallest absolute Gasteiger partial charge is 0.411 e. The highest BCUT2D eigenvalue weighted by Gasteiger charge is 2.24. The Balaban J connectivity index is 1.76. The van der Waals surface area contributed by atoms with Gasteiger partial charge in [0.05, 0.1) is 12.3 Å². The van der Waals surface area contributed by atoms with Crippen LogP contribution in [0.2, 0.25) is 0 Å². The fraction of sp³-hybridized carbons (Fsp3) is 0.471. The van der Waals surface area contributed by atoms with Crippen molar-refractivity contribution in [2.45, 2.75) is 19.3 Å². The first kappa shape index (κ1) is 16.4. The minimum absolute atomic E-state index is 0.532. The number of nitrogens with zero attached hydrogens (tertiary/aromatic N) is 2. The normalized spacial score (nSPS) is 13.3. The first-order valence-electron chi connectivity index (χ1n) is 7.67. The Labute approximate surface area is 131 Å². The monoisotopic (exact) mass is 304 g/mol. The minimum Gasteiger partial charge on any atom is -0.494 e. The Morgan fingerprint density at radius 2 is 2.32 bits per heavy atom. The number of hydrogen-bond donors (Lipinski definition) is 1. The van der Waals surface area contributed by atoms with E-state index in [1.165, 1.54) is 4.90 Å². The van der Waals surface area contributed by atoms with Gasteiger partial charge in [0.2, 0.25) is 0 Å². The first-order valence-corrected chi connectivity index (χ1v) is 7.67. The first-order chi connectivity index (χ1) is 10.6. The molecule has 22 heavy (non-hydrogen) atoms. The van der Waals surface area contributed by atoms with E-state index in [1.807, 2.05) is 24.3 Å². The van der Waals surface area contributed by atoms with Gasteiger partial charge in [-0.3, -0.25) is 4.90 Å². The maximum absolute atomic E-state index is 11.1. The zero-order valence-corrected chi connectivity index (χ0v) is 13.1. The molecule has 0 aliphatic carbocycles. The third kappa shape index (κ3) is 4.24. The van der Waals surface area contributed by atoms with Gasteiger partial charge in [-0.15, -0.1) is 6.58 Å². The standard InChI is InChI=1S/C17H24N2O3/c1-3-9-18(2)10-4-5-12-22-15-6-7-16-14(13-15)8-11-19(16)17(20)21/h3,6-7,13H,1,4-5,8-12H2,2H3,(H,20,21). The molecule has 120 valence electrons. The van der Waals surface area contributed by atoms with Gasteiger partial charge in [-0.1, -0.05) is 6.08 Å². The van der Waals surface area contributed by atoms with E-state index >= 15 is 0 Å². The van der Waals surface area contributed by atoms with Crippen LogP contribution in [0.3, 0.4) is 0 Å². The van der Waals surface area contributed by atoms with E-state index in [0.29, 0.717) is 13.2 Å². The van der Waals surface area contributed by atoms with Crippen LogP contribution in [-0.2, 0) is 6.42 Å². The summed E-state index contributed by atoms with van der Waals surface area (Å²) in [7, 11) is 2.08. The largest absolute Gasteiger partial charge is 0.494 e. The Morgan fingerprint density at radius 3 is 3.05 bits per heavy atom. The van der Waals surface area contributed by atoms with Crippen LogP contribution in [0, 0.1) is 0 Å². The summed E-state index contributed by atoms with van der Waals surface area (Å²) in [6, 6.07) is 5.65. The number of unbranched alkanes of at least 4 members (excludes halogenated alkanes) is 1. The predicted molar refractivity (Wildman–Crippen MR) is 87.9 cm³/mol. The molecule has 5 nitrogen and oxygen atoms in total. The van der Waals surface area contributed by atoms with E-state index in [-0.39, 0.29) is 0 Å². The summed E-state index contributed by atoms with van der Waals surface area (Å²) in [6.45, 7) is 6.88. The van der Waals surface area contributed by atoms with Crippen LogP contribution in [0.4, 0.5) is 10.5 Å². The molecule has 1 heterocycles. The second-order valence-electron chi connectivity index (χ2n) is 5.58. The third-order valence-electron chi connectivity index (χ3n) is 3.82. The maximum atomic E-state index is 11.1. The number of carbonyl (C=O) groups is 1.